The third-order valence-electron chi connectivity index (χ3n) is 2.69. The fourth-order valence-electron chi connectivity index (χ4n) is 1.68. The van der Waals surface area contributed by atoms with Gasteiger partial charge in [0.25, 0.3) is 5.91 Å². The van der Waals surface area contributed by atoms with Gasteiger partial charge in [-0.05, 0) is 12.3 Å². The Morgan fingerprint density at radius 2 is 2.11 bits per heavy atom. The highest BCUT2D eigenvalue weighted by atomic mass is 16.1. The fourth-order valence-corrected chi connectivity index (χ4v) is 1.68. The lowest BCUT2D eigenvalue weighted by molar-refractivity contribution is 0.0996. The molecule has 0 aliphatic carbocycles. The minimum atomic E-state index is -0.547. The van der Waals surface area contributed by atoms with E-state index >= 15 is 0 Å². The molecule has 2 aromatic heterocycles. The van der Waals surface area contributed by atoms with Crippen LogP contribution in [0, 0.1) is 12.3 Å². The molecule has 2 aromatic rings. The Balaban J connectivity index is 2.35. The van der Waals surface area contributed by atoms with Crippen molar-refractivity contribution in [1.82, 2.24) is 14.4 Å². The van der Waals surface area contributed by atoms with Gasteiger partial charge in [-0.25, -0.2) is 4.98 Å². The monoisotopic (exact) mass is 261 g/mol. The lowest BCUT2D eigenvalue weighted by atomic mass is 9.97. The largest absolute Gasteiger partial charge is 0.369 e. The van der Waals surface area contributed by atoms with Crippen molar-refractivity contribution in [3.05, 3.63) is 23.7 Å². The molecule has 0 aliphatic rings. The number of nitrogens with one attached hydrogen (secondary N) is 1. The predicted molar refractivity (Wildman–Crippen MR) is 74.2 cm³/mol. The molecule has 0 unspecified atom stereocenters. The normalized spacial score (nSPS) is 11.8. The summed E-state index contributed by atoms with van der Waals surface area (Å²) in [4.78, 5) is 19.6. The van der Waals surface area contributed by atoms with Crippen molar-refractivity contribution >= 4 is 17.5 Å². The molecule has 0 saturated heterocycles. The van der Waals surface area contributed by atoms with Crippen molar-refractivity contribution in [2.45, 2.75) is 27.7 Å². The molecule has 0 spiro atoms. The summed E-state index contributed by atoms with van der Waals surface area (Å²) >= 11 is 0. The van der Waals surface area contributed by atoms with E-state index in [0.717, 1.165) is 18.1 Å². The molecule has 0 aromatic carbocycles. The SMILES string of the molecule is Cc1cc(NCC(C)(C)C)nc2nc(C(N)=O)cn12. The first-order valence-corrected chi connectivity index (χ1v) is 6.17. The summed E-state index contributed by atoms with van der Waals surface area (Å²) in [7, 11) is 0. The number of primary amides is 1. The fraction of sp³-hybridized carbons (Fsp3) is 0.462. The molecule has 2 rings (SSSR count). The number of anilines is 1. The Morgan fingerprint density at radius 3 is 2.68 bits per heavy atom. The second kappa shape index (κ2) is 4.53. The van der Waals surface area contributed by atoms with E-state index in [1.807, 2.05) is 13.0 Å². The summed E-state index contributed by atoms with van der Waals surface area (Å²) < 4.78 is 1.75. The molecule has 19 heavy (non-hydrogen) atoms. The Labute approximate surface area is 112 Å². The Bertz CT molecular complexity index is 624. The van der Waals surface area contributed by atoms with E-state index in [0.29, 0.717) is 5.78 Å². The predicted octanol–water partition coefficient (Wildman–Crippen LogP) is 1.59. The molecule has 0 fully saturated rings. The number of carbonyl (C=O) groups excluding carboxylic acids is 1. The number of aromatic nitrogens is 3. The summed E-state index contributed by atoms with van der Waals surface area (Å²) in [5.74, 6) is 0.681. The Morgan fingerprint density at radius 1 is 1.42 bits per heavy atom. The smallest absolute Gasteiger partial charge is 0.268 e. The van der Waals surface area contributed by atoms with Gasteiger partial charge in [-0.2, -0.15) is 4.98 Å². The average Bonchev–Trinajstić information content (AvgIpc) is 2.70. The van der Waals surface area contributed by atoms with Crippen molar-refractivity contribution in [3.8, 4) is 0 Å². The maximum absolute atomic E-state index is 11.1. The van der Waals surface area contributed by atoms with Crippen LogP contribution in [-0.2, 0) is 0 Å². The van der Waals surface area contributed by atoms with Crippen LogP contribution < -0.4 is 11.1 Å². The van der Waals surface area contributed by atoms with Gasteiger partial charge in [0, 0.05) is 24.5 Å². The van der Waals surface area contributed by atoms with Crippen molar-refractivity contribution in [3.63, 3.8) is 0 Å². The van der Waals surface area contributed by atoms with Gasteiger partial charge in [0.1, 0.15) is 11.5 Å². The lowest BCUT2D eigenvalue weighted by Gasteiger charge is -2.19. The summed E-state index contributed by atoms with van der Waals surface area (Å²) in [6.45, 7) is 9.17. The zero-order chi connectivity index (χ0) is 14.2. The number of hydrogen-bond acceptors (Lipinski definition) is 4. The van der Waals surface area contributed by atoms with Crippen LogP contribution >= 0.6 is 0 Å². The third kappa shape index (κ3) is 3.01. The molecule has 2 heterocycles. The molecule has 0 bridgehead atoms. The van der Waals surface area contributed by atoms with Crippen LogP contribution in [-0.4, -0.2) is 26.8 Å². The molecular formula is C13H19N5O. The average molecular weight is 261 g/mol. The van der Waals surface area contributed by atoms with Crippen LogP contribution in [0.3, 0.4) is 0 Å². The van der Waals surface area contributed by atoms with Gasteiger partial charge in [-0.3, -0.25) is 9.20 Å². The van der Waals surface area contributed by atoms with Crippen LogP contribution in [0.4, 0.5) is 5.82 Å². The number of nitrogens with zero attached hydrogens (tertiary/aromatic N) is 3. The number of fused-ring (bicyclic) bond motifs is 1. The van der Waals surface area contributed by atoms with Gasteiger partial charge in [-0.15, -0.1) is 0 Å². The number of imidazole rings is 1. The van der Waals surface area contributed by atoms with E-state index in [4.69, 9.17) is 5.73 Å². The van der Waals surface area contributed by atoms with Crippen LogP contribution in [0.15, 0.2) is 12.3 Å². The van der Waals surface area contributed by atoms with Gasteiger partial charge in [0.05, 0.1) is 0 Å². The summed E-state index contributed by atoms with van der Waals surface area (Å²) in [5.41, 5.74) is 6.56. The zero-order valence-electron chi connectivity index (χ0n) is 11.7. The van der Waals surface area contributed by atoms with Crippen LogP contribution in [0.2, 0.25) is 0 Å². The number of hydrogen-bond donors (Lipinski definition) is 2. The number of rotatable bonds is 3. The van der Waals surface area contributed by atoms with E-state index in [-0.39, 0.29) is 11.1 Å². The molecule has 6 nitrogen and oxygen atoms in total. The molecular weight excluding hydrogens is 242 g/mol. The lowest BCUT2D eigenvalue weighted by Crippen LogP contribution is -2.19. The van der Waals surface area contributed by atoms with E-state index in [1.54, 1.807) is 10.6 Å². The van der Waals surface area contributed by atoms with Gasteiger partial charge < -0.3 is 11.1 Å². The van der Waals surface area contributed by atoms with Gasteiger partial charge in [-0.1, -0.05) is 20.8 Å². The second-order valence-corrected chi connectivity index (χ2v) is 5.86. The standard InChI is InChI=1S/C13H19N5O/c1-8-5-10(15-7-13(2,3)4)17-12-16-9(11(14)19)6-18(8)12/h5-6H,7H2,1-4H3,(H2,14,19)(H,15,16,17). The number of aryl methyl sites for hydroxylation is 1. The van der Waals surface area contributed by atoms with E-state index in [1.165, 1.54) is 0 Å². The highest BCUT2D eigenvalue weighted by Crippen LogP contribution is 2.16. The Hall–Kier alpha value is -2.11. The first kappa shape index (κ1) is 13.3. The molecule has 102 valence electrons. The molecule has 6 heteroatoms. The van der Waals surface area contributed by atoms with Crippen molar-refractivity contribution in [2.24, 2.45) is 11.1 Å². The maximum Gasteiger partial charge on any atom is 0.268 e. The van der Waals surface area contributed by atoms with Crippen LogP contribution in [0.5, 0.6) is 0 Å². The third-order valence-corrected chi connectivity index (χ3v) is 2.69. The topological polar surface area (TPSA) is 85.3 Å². The summed E-state index contributed by atoms with van der Waals surface area (Å²) in [6, 6.07) is 1.92. The van der Waals surface area contributed by atoms with Crippen molar-refractivity contribution in [2.75, 3.05) is 11.9 Å². The molecule has 0 atom stereocenters. The molecule has 0 radical (unpaired) electrons. The van der Waals surface area contributed by atoms with Gasteiger partial charge in [0.15, 0.2) is 0 Å². The van der Waals surface area contributed by atoms with Gasteiger partial charge >= 0.3 is 0 Å². The van der Waals surface area contributed by atoms with Gasteiger partial charge in [0.2, 0.25) is 5.78 Å². The number of carbonyl (C=O) groups is 1. The highest BCUT2D eigenvalue weighted by molar-refractivity contribution is 5.91. The van der Waals surface area contributed by atoms with Crippen LogP contribution in [0.25, 0.3) is 5.78 Å². The quantitative estimate of drug-likeness (QED) is 0.878. The minimum absolute atomic E-state index is 0.162. The zero-order valence-corrected chi connectivity index (χ0v) is 11.7. The van der Waals surface area contributed by atoms with Crippen LogP contribution in [0.1, 0.15) is 37.0 Å². The molecule has 0 aliphatic heterocycles. The van der Waals surface area contributed by atoms with Crippen molar-refractivity contribution in [1.29, 1.82) is 0 Å². The van der Waals surface area contributed by atoms with E-state index < -0.39 is 5.91 Å². The number of amides is 1. The second-order valence-electron chi connectivity index (χ2n) is 5.86. The number of nitrogens with two attached hydrogens (primary N) is 1. The molecule has 1 amide bonds. The maximum atomic E-state index is 11.1. The summed E-state index contributed by atoms with van der Waals surface area (Å²) in [5, 5.41) is 3.28. The minimum Gasteiger partial charge on any atom is -0.369 e. The highest BCUT2D eigenvalue weighted by Gasteiger charge is 2.13. The summed E-state index contributed by atoms with van der Waals surface area (Å²) in [6.07, 6.45) is 1.60. The van der Waals surface area contributed by atoms with E-state index in [9.17, 15) is 4.79 Å². The molecule has 3 N–H and O–H groups in total. The first-order chi connectivity index (χ1) is 8.76. The first-order valence-electron chi connectivity index (χ1n) is 6.17. The van der Waals surface area contributed by atoms with E-state index in [2.05, 4.69) is 36.1 Å². The molecule has 0 saturated carbocycles. The Kier molecular flexibility index (Phi) is 3.18. The van der Waals surface area contributed by atoms with Crippen molar-refractivity contribution < 1.29 is 4.79 Å².